The summed E-state index contributed by atoms with van der Waals surface area (Å²) in [7, 11) is 1.58. The van der Waals surface area contributed by atoms with Crippen LogP contribution in [0.15, 0.2) is 18.2 Å². The van der Waals surface area contributed by atoms with E-state index in [1.807, 2.05) is 26.0 Å². The molecule has 0 aromatic heterocycles. The molecule has 2 N–H and O–H groups in total. The Balaban J connectivity index is 3.31. The van der Waals surface area contributed by atoms with Crippen LogP contribution in [0.4, 0.5) is 0 Å². The molecule has 1 aromatic carbocycles. The molecule has 0 atom stereocenters. The first kappa shape index (κ1) is 13.3. The van der Waals surface area contributed by atoms with E-state index >= 15 is 0 Å². The second kappa shape index (κ2) is 5.50. The highest BCUT2D eigenvalue weighted by molar-refractivity contribution is 5.91. The van der Waals surface area contributed by atoms with Gasteiger partial charge in [0.2, 0.25) is 0 Å². The van der Waals surface area contributed by atoms with E-state index in [0.717, 1.165) is 28.5 Å². The first-order valence-corrected chi connectivity index (χ1v) is 5.19. The molecule has 1 aromatic rings. The molecular formula is C13H16O4. The number of aliphatic carboxylic acids is 1. The van der Waals surface area contributed by atoms with Crippen molar-refractivity contribution in [1.29, 1.82) is 0 Å². The van der Waals surface area contributed by atoms with Gasteiger partial charge in [-0.1, -0.05) is 0 Å². The standard InChI is InChI=1S/C13H16O4/c1-8-5-12(17-3)9(2)4-11(8)10(7-14)6-13(15)16/h4-6,14H,7H2,1-3H3,(H,15,16)/b10-6+. The Labute approximate surface area is 100 Å². The number of benzene rings is 1. The topological polar surface area (TPSA) is 66.8 Å². The first-order chi connectivity index (χ1) is 7.99. The molecule has 0 radical (unpaired) electrons. The van der Waals surface area contributed by atoms with E-state index in [1.165, 1.54) is 0 Å². The number of aliphatic hydroxyl groups excluding tert-OH is 1. The summed E-state index contributed by atoms with van der Waals surface area (Å²) in [5, 5.41) is 17.9. The van der Waals surface area contributed by atoms with Crippen LogP contribution in [-0.4, -0.2) is 29.9 Å². The Morgan fingerprint density at radius 1 is 1.35 bits per heavy atom. The molecule has 1 rings (SSSR count). The van der Waals surface area contributed by atoms with Gasteiger partial charge in [0.1, 0.15) is 5.75 Å². The molecule has 0 unspecified atom stereocenters. The quantitative estimate of drug-likeness (QED) is 0.782. The number of methoxy groups -OCH3 is 1. The predicted molar refractivity (Wildman–Crippen MR) is 65.2 cm³/mol. The van der Waals surface area contributed by atoms with Crippen molar-refractivity contribution in [2.24, 2.45) is 0 Å². The number of hydrogen-bond donors (Lipinski definition) is 2. The third-order valence-corrected chi connectivity index (χ3v) is 2.56. The van der Waals surface area contributed by atoms with Crippen molar-refractivity contribution in [3.8, 4) is 5.75 Å². The molecule has 0 heterocycles. The monoisotopic (exact) mass is 236 g/mol. The van der Waals surface area contributed by atoms with Crippen molar-refractivity contribution in [1.82, 2.24) is 0 Å². The number of hydrogen-bond acceptors (Lipinski definition) is 3. The summed E-state index contributed by atoms with van der Waals surface area (Å²) in [6.07, 6.45) is 1.02. The number of carboxylic acids is 1. The minimum Gasteiger partial charge on any atom is -0.496 e. The number of rotatable bonds is 4. The molecule has 92 valence electrons. The van der Waals surface area contributed by atoms with Gasteiger partial charge in [0, 0.05) is 6.08 Å². The zero-order chi connectivity index (χ0) is 13.0. The maximum absolute atomic E-state index is 10.6. The van der Waals surface area contributed by atoms with Gasteiger partial charge in [-0.15, -0.1) is 0 Å². The van der Waals surface area contributed by atoms with Crippen molar-refractivity contribution in [3.05, 3.63) is 34.9 Å². The Morgan fingerprint density at radius 3 is 2.47 bits per heavy atom. The van der Waals surface area contributed by atoms with Crippen LogP contribution in [0.2, 0.25) is 0 Å². The minimum absolute atomic E-state index is 0.307. The van der Waals surface area contributed by atoms with Gasteiger partial charge < -0.3 is 14.9 Å². The molecule has 0 saturated carbocycles. The van der Waals surface area contributed by atoms with Crippen LogP contribution in [0.5, 0.6) is 5.75 Å². The summed E-state index contributed by atoms with van der Waals surface area (Å²) in [5.74, 6) is -0.319. The Kier molecular flexibility index (Phi) is 4.29. The fourth-order valence-electron chi connectivity index (χ4n) is 1.71. The van der Waals surface area contributed by atoms with E-state index in [-0.39, 0.29) is 6.61 Å². The van der Waals surface area contributed by atoms with E-state index in [9.17, 15) is 9.90 Å². The Hall–Kier alpha value is -1.81. The molecule has 0 saturated heterocycles. The Bertz CT molecular complexity index is 461. The van der Waals surface area contributed by atoms with Crippen LogP contribution in [0.1, 0.15) is 16.7 Å². The minimum atomic E-state index is -1.07. The molecule has 0 amide bonds. The summed E-state index contributed by atoms with van der Waals surface area (Å²) in [6, 6.07) is 3.65. The van der Waals surface area contributed by atoms with Gasteiger partial charge in [0.15, 0.2) is 0 Å². The smallest absolute Gasteiger partial charge is 0.328 e. The van der Waals surface area contributed by atoms with Crippen molar-refractivity contribution in [2.75, 3.05) is 13.7 Å². The van der Waals surface area contributed by atoms with Gasteiger partial charge in [-0.05, 0) is 48.2 Å². The largest absolute Gasteiger partial charge is 0.496 e. The third kappa shape index (κ3) is 3.07. The van der Waals surface area contributed by atoms with Crippen LogP contribution in [-0.2, 0) is 4.79 Å². The number of carbonyl (C=O) groups is 1. The van der Waals surface area contributed by atoms with Gasteiger partial charge in [-0.3, -0.25) is 0 Å². The van der Waals surface area contributed by atoms with Crippen LogP contribution in [0, 0.1) is 13.8 Å². The molecule has 4 nitrogen and oxygen atoms in total. The molecule has 0 aliphatic carbocycles. The van der Waals surface area contributed by atoms with Crippen molar-refractivity contribution in [2.45, 2.75) is 13.8 Å². The maximum Gasteiger partial charge on any atom is 0.328 e. The number of carboxylic acid groups (broad SMARTS) is 1. The molecular weight excluding hydrogens is 220 g/mol. The normalized spacial score (nSPS) is 11.4. The van der Waals surface area contributed by atoms with Crippen LogP contribution < -0.4 is 4.74 Å². The summed E-state index contributed by atoms with van der Waals surface area (Å²) >= 11 is 0. The fraction of sp³-hybridized carbons (Fsp3) is 0.308. The van der Waals surface area contributed by atoms with E-state index < -0.39 is 5.97 Å². The lowest BCUT2D eigenvalue weighted by atomic mass is 9.98. The van der Waals surface area contributed by atoms with Gasteiger partial charge >= 0.3 is 5.97 Å². The highest BCUT2D eigenvalue weighted by Crippen LogP contribution is 2.27. The van der Waals surface area contributed by atoms with Crippen molar-refractivity contribution in [3.63, 3.8) is 0 Å². The molecule has 0 fully saturated rings. The van der Waals surface area contributed by atoms with Crippen molar-refractivity contribution >= 4 is 11.5 Å². The molecule has 0 spiro atoms. The highest BCUT2D eigenvalue weighted by Gasteiger charge is 2.09. The van der Waals surface area contributed by atoms with E-state index in [0.29, 0.717) is 5.57 Å². The second-order valence-corrected chi connectivity index (χ2v) is 3.80. The number of aliphatic hydroxyl groups is 1. The van der Waals surface area contributed by atoms with E-state index in [2.05, 4.69) is 0 Å². The fourth-order valence-corrected chi connectivity index (χ4v) is 1.71. The average molecular weight is 236 g/mol. The van der Waals surface area contributed by atoms with E-state index in [1.54, 1.807) is 7.11 Å². The lowest BCUT2D eigenvalue weighted by molar-refractivity contribution is -0.131. The summed E-state index contributed by atoms with van der Waals surface area (Å²) in [4.78, 5) is 10.6. The van der Waals surface area contributed by atoms with Crippen molar-refractivity contribution < 1.29 is 19.7 Å². The molecule has 0 aliphatic rings. The lowest BCUT2D eigenvalue weighted by Crippen LogP contribution is -2.00. The van der Waals surface area contributed by atoms with Gasteiger partial charge in [-0.2, -0.15) is 0 Å². The Morgan fingerprint density at radius 2 is 2.00 bits per heavy atom. The van der Waals surface area contributed by atoms with Gasteiger partial charge in [0.25, 0.3) is 0 Å². The summed E-state index contributed by atoms with van der Waals surface area (Å²) in [6.45, 7) is 3.42. The summed E-state index contributed by atoms with van der Waals surface area (Å²) < 4.78 is 5.18. The number of ether oxygens (including phenoxy) is 1. The summed E-state index contributed by atoms with van der Waals surface area (Å²) in [5.41, 5.74) is 2.89. The molecule has 17 heavy (non-hydrogen) atoms. The SMILES string of the molecule is COc1cc(C)c(/C(=C/C(=O)O)CO)cc1C. The average Bonchev–Trinajstić information content (AvgIpc) is 2.28. The lowest BCUT2D eigenvalue weighted by Gasteiger charge is -2.12. The van der Waals surface area contributed by atoms with Gasteiger partial charge in [-0.25, -0.2) is 4.79 Å². The maximum atomic E-state index is 10.6. The van der Waals surface area contributed by atoms with Crippen LogP contribution >= 0.6 is 0 Å². The molecule has 0 bridgehead atoms. The molecule has 4 heteroatoms. The second-order valence-electron chi connectivity index (χ2n) is 3.80. The highest BCUT2D eigenvalue weighted by atomic mass is 16.5. The first-order valence-electron chi connectivity index (χ1n) is 5.19. The van der Waals surface area contributed by atoms with E-state index in [4.69, 9.17) is 9.84 Å². The predicted octanol–water partition coefficient (Wildman–Crippen LogP) is 1.77. The number of aryl methyl sites for hydroxylation is 2. The zero-order valence-corrected chi connectivity index (χ0v) is 10.2. The third-order valence-electron chi connectivity index (χ3n) is 2.56. The zero-order valence-electron chi connectivity index (χ0n) is 10.2. The van der Waals surface area contributed by atoms with Crippen LogP contribution in [0.3, 0.4) is 0 Å². The van der Waals surface area contributed by atoms with Crippen LogP contribution in [0.25, 0.3) is 5.57 Å². The molecule has 0 aliphatic heterocycles. The van der Waals surface area contributed by atoms with Gasteiger partial charge in [0.05, 0.1) is 13.7 Å².